The maximum absolute atomic E-state index is 12.5. The van der Waals surface area contributed by atoms with Crippen LogP contribution in [0, 0.1) is 0 Å². The predicted octanol–water partition coefficient (Wildman–Crippen LogP) is 4.87. The third-order valence-corrected chi connectivity index (χ3v) is 4.04. The largest absolute Gasteiger partial charge is 0.496 e. The number of halogens is 3. The van der Waals surface area contributed by atoms with E-state index < -0.39 is 18.2 Å². The molecule has 1 aliphatic rings. The van der Waals surface area contributed by atoms with Crippen LogP contribution in [0.4, 0.5) is 18.9 Å². The van der Waals surface area contributed by atoms with Gasteiger partial charge in [0, 0.05) is 17.7 Å². The van der Waals surface area contributed by atoms with Crippen molar-refractivity contribution in [2.45, 2.75) is 18.7 Å². The summed E-state index contributed by atoms with van der Waals surface area (Å²) in [6, 6.07) is 9.94. The summed E-state index contributed by atoms with van der Waals surface area (Å²) >= 11 is 0. The zero-order valence-electron chi connectivity index (χ0n) is 13.9. The van der Waals surface area contributed by atoms with Gasteiger partial charge in [-0.25, -0.2) is 0 Å². The number of benzene rings is 2. The van der Waals surface area contributed by atoms with Crippen molar-refractivity contribution in [2.24, 2.45) is 0 Å². The Morgan fingerprint density at radius 3 is 2.77 bits per heavy atom. The molecule has 1 atom stereocenters. The lowest BCUT2D eigenvalue weighted by Crippen LogP contribution is -2.30. The van der Waals surface area contributed by atoms with Crippen molar-refractivity contribution < 1.29 is 27.4 Å². The molecule has 4 nitrogen and oxygen atoms in total. The van der Waals surface area contributed by atoms with E-state index in [0.29, 0.717) is 23.5 Å². The van der Waals surface area contributed by atoms with Crippen LogP contribution in [0.1, 0.15) is 18.1 Å². The van der Waals surface area contributed by atoms with Crippen molar-refractivity contribution in [1.29, 1.82) is 0 Å². The molecule has 0 aliphatic carbocycles. The second-order valence-corrected chi connectivity index (χ2v) is 5.72. The first-order chi connectivity index (χ1) is 12.3. The molecular formula is C19H16F3NO3. The number of carbonyl (C=O) groups excluding carboxylic acids is 1. The number of ether oxygens (including phenoxy) is 2. The van der Waals surface area contributed by atoms with Crippen LogP contribution >= 0.6 is 0 Å². The monoisotopic (exact) mass is 363 g/mol. The zero-order valence-corrected chi connectivity index (χ0v) is 13.9. The molecule has 0 bridgehead atoms. The lowest BCUT2D eigenvalue weighted by Gasteiger charge is -2.29. The smallest absolute Gasteiger partial charge is 0.471 e. The van der Waals surface area contributed by atoms with E-state index in [-0.39, 0.29) is 5.69 Å². The Labute approximate surface area is 148 Å². The summed E-state index contributed by atoms with van der Waals surface area (Å²) in [4.78, 5) is 11.2. The van der Waals surface area contributed by atoms with Gasteiger partial charge in [-0.1, -0.05) is 18.2 Å². The third kappa shape index (κ3) is 3.24. The number of hydrogen-bond acceptors (Lipinski definition) is 3. The number of anilines is 1. The molecule has 0 saturated carbocycles. The number of methoxy groups -OCH3 is 1. The van der Waals surface area contributed by atoms with Gasteiger partial charge in [-0.3, -0.25) is 4.79 Å². The fourth-order valence-corrected chi connectivity index (χ4v) is 2.92. The molecule has 0 aromatic heterocycles. The van der Waals surface area contributed by atoms with Crippen LogP contribution in [-0.2, 0) is 4.79 Å². The minimum Gasteiger partial charge on any atom is -0.496 e. The molecule has 1 heterocycles. The van der Waals surface area contributed by atoms with Crippen LogP contribution in [0.3, 0.4) is 0 Å². The summed E-state index contributed by atoms with van der Waals surface area (Å²) in [5, 5.41) is 1.87. The SMILES string of the molecule is C=CCC1Oc2cccc(OC)c2-c2ccc(NC(=O)C(F)(F)F)cc21. The predicted molar refractivity (Wildman–Crippen MR) is 91.3 cm³/mol. The molecule has 0 radical (unpaired) electrons. The molecule has 1 aliphatic heterocycles. The minimum absolute atomic E-state index is 0.0436. The molecule has 0 saturated heterocycles. The van der Waals surface area contributed by atoms with E-state index in [4.69, 9.17) is 9.47 Å². The van der Waals surface area contributed by atoms with Crippen LogP contribution in [0.2, 0.25) is 0 Å². The summed E-state index contributed by atoms with van der Waals surface area (Å²) in [5.41, 5.74) is 2.20. The van der Waals surface area contributed by atoms with Crippen LogP contribution in [0.15, 0.2) is 49.1 Å². The van der Waals surface area contributed by atoms with Gasteiger partial charge < -0.3 is 14.8 Å². The van der Waals surface area contributed by atoms with Gasteiger partial charge in [-0.15, -0.1) is 6.58 Å². The van der Waals surface area contributed by atoms with Crippen molar-refractivity contribution >= 4 is 11.6 Å². The summed E-state index contributed by atoms with van der Waals surface area (Å²) in [5.74, 6) is -0.809. The maximum atomic E-state index is 12.5. The van der Waals surface area contributed by atoms with Gasteiger partial charge in [0.2, 0.25) is 0 Å². The number of rotatable bonds is 4. The molecule has 0 spiro atoms. The minimum atomic E-state index is -4.96. The number of nitrogens with one attached hydrogen (secondary N) is 1. The first kappa shape index (κ1) is 17.8. The van der Waals surface area contributed by atoms with E-state index in [9.17, 15) is 18.0 Å². The molecule has 2 aromatic rings. The number of fused-ring (bicyclic) bond motifs is 3. The molecular weight excluding hydrogens is 347 g/mol. The van der Waals surface area contributed by atoms with E-state index in [1.807, 2.05) is 5.32 Å². The normalized spacial score (nSPS) is 15.3. The highest BCUT2D eigenvalue weighted by atomic mass is 19.4. The molecule has 3 rings (SSSR count). The van der Waals surface area contributed by atoms with Gasteiger partial charge in [0.1, 0.15) is 17.6 Å². The molecule has 0 fully saturated rings. The summed E-state index contributed by atoms with van der Waals surface area (Å²) in [6.07, 6.45) is -3.26. The Morgan fingerprint density at radius 2 is 2.12 bits per heavy atom. The molecule has 1 unspecified atom stereocenters. The Bertz CT molecular complexity index is 862. The number of carbonyl (C=O) groups is 1. The highest BCUT2D eigenvalue weighted by molar-refractivity contribution is 5.95. The average molecular weight is 363 g/mol. The second-order valence-electron chi connectivity index (χ2n) is 5.72. The summed E-state index contributed by atoms with van der Waals surface area (Å²) in [7, 11) is 1.53. The number of hydrogen-bond donors (Lipinski definition) is 1. The van der Waals surface area contributed by atoms with Gasteiger partial charge in [-0.05, 0) is 29.8 Å². The zero-order chi connectivity index (χ0) is 18.9. The van der Waals surface area contributed by atoms with Gasteiger partial charge in [0.15, 0.2) is 0 Å². The van der Waals surface area contributed by atoms with Crippen molar-refractivity contribution in [1.82, 2.24) is 0 Å². The standard InChI is InChI=1S/C19H16F3NO3/c1-3-5-14-13-10-11(23-18(24)19(20,21)22)8-9-12(13)17-15(25-2)6-4-7-16(17)26-14/h3-4,6-10,14H,1,5H2,2H3,(H,23,24). The van der Waals surface area contributed by atoms with Crippen LogP contribution in [0.25, 0.3) is 11.1 Å². The van der Waals surface area contributed by atoms with E-state index in [1.54, 1.807) is 30.3 Å². The van der Waals surface area contributed by atoms with Gasteiger partial charge in [0.25, 0.3) is 0 Å². The third-order valence-electron chi connectivity index (χ3n) is 4.04. The van der Waals surface area contributed by atoms with Crippen molar-refractivity contribution in [3.63, 3.8) is 0 Å². The van der Waals surface area contributed by atoms with Crippen molar-refractivity contribution in [3.8, 4) is 22.6 Å². The quantitative estimate of drug-likeness (QED) is 0.788. The number of amides is 1. The second kappa shape index (κ2) is 6.74. The van der Waals surface area contributed by atoms with E-state index in [0.717, 1.165) is 11.1 Å². The molecule has 2 aromatic carbocycles. The first-order valence-electron chi connectivity index (χ1n) is 7.82. The van der Waals surface area contributed by atoms with E-state index in [2.05, 4.69) is 6.58 Å². The lowest BCUT2D eigenvalue weighted by atomic mass is 9.90. The highest BCUT2D eigenvalue weighted by Gasteiger charge is 2.39. The average Bonchev–Trinajstić information content (AvgIpc) is 2.60. The van der Waals surface area contributed by atoms with E-state index >= 15 is 0 Å². The molecule has 1 amide bonds. The molecule has 7 heteroatoms. The maximum Gasteiger partial charge on any atom is 0.471 e. The number of alkyl halides is 3. The van der Waals surface area contributed by atoms with Crippen LogP contribution in [-0.4, -0.2) is 19.2 Å². The van der Waals surface area contributed by atoms with E-state index in [1.165, 1.54) is 19.2 Å². The summed E-state index contributed by atoms with van der Waals surface area (Å²) in [6.45, 7) is 3.70. The fraction of sp³-hybridized carbons (Fsp3) is 0.211. The molecule has 136 valence electrons. The fourth-order valence-electron chi connectivity index (χ4n) is 2.92. The van der Waals surface area contributed by atoms with Gasteiger partial charge in [0.05, 0.1) is 12.7 Å². The Morgan fingerprint density at radius 1 is 1.35 bits per heavy atom. The Balaban J connectivity index is 2.08. The first-order valence-corrected chi connectivity index (χ1v) is 7.82. The highest BCUT2D eigenvalue weighted by Crippen LogP contribution is 2.48. The Hall–Kier alpha value is -2.96. The Kier molecular flexibility index (Phi) is 4.63. The van der Waals surface area contributed by atoms with Gasteiger partial charge in [-0.2, -0.15) is 13.2 Å². The van der Waals surface area contributed by atoms with Crippen molar-refractivity contribution in [2.75, 3.05) is 12.4 Å². The summed E-state index contributed by atoms with van der Waals surface area (Å²) < 4.78 is 48.9. The lowest BCUT2D eigenvalue weighted by molar-refractivity contribution is -0.167. The molecule has 1 N–H and O–H groups in total. The van der Waals surface area contributed by atoms with Gasteiger partial charge >= 0.3 is 12.1 Å². The van der Waals surface area contributed by atoms with Crippen LogP contribution < -0.4 is 14.8 Å². The molecule has 26 heavy (non-hydrogen) atoms. The van der Waals surface area contributed by atoms with Crippen LogP contribution in [0.5, 0.6) is 11.5 Å². The topological polar surface area (TPSA) is 47.6 Å². The van der Waals surface area contributed by atoms with Crippen molar-refractivity contribution in [3.05, 3.63) is 54.6 Å².